The van der Waals surface area contributed by atoms with Crippen LogP contribution in [0.3, 0.4) is 0 Å². The van der Waals surface area contributed by atoms with Crippen molar-refractivity contribution in [3.8, 4) is 11.4 Å². The molecule has 1 N–H and O–H groups in total. The fourth-order valence-electron chi connectivity index (χ4n) is 3.40. The molecular formula is C17H16N4O2. The van der Waals surface area contributed by atoms with E-state index in [9.17, 15) is 9.90 Å². The fourth-order valence-corrected chi connectivity index (χ4v) is 3.40. The van der Waals surface area contributed by atoms with Gasteiger partial charge in [0.1, 0.15) is 0 Å². The van der Waals surface area contributed by atoms with Gasteiger partial charge in [-0.3, -0.25) is 0 Å². The molecule has 0 radical (unpaired) electrons. The predicted octanol–water partition coefficient (Wildman–Crippen LogP) is 3.15. The number of rotatable bonds is 3. The molecule has 1 aliphatic carbocycles. The number of hydrogen-bond acceptors (Lipinski definition) is 4. The number of fused-ring (bicyclic) bond motifs is 1. The topological polar surface area (TPSA) is 80.4 Å². The van der Waals surface area contributed by atoms with Crippen LogP contribution >= 0.6 is 0 Å². The molecule has 3 aromatic rings. The minimum absolute atomic E-state index is 0.313. The zero-order chi connectivity index (χ0) is 15.8. The van der Waals surface area contributed by atoms with Crippen molar-refractivity contribution in [1.29, 1.82) is 0 Å². The summed E-state index contributed by atoms with van der Waals surface area (Å²) in [5, 5.41) is 22.1. The summed E-state index contributed by atoms with van der Waals surface area (Å²) in [7, 11) is 0. The van der Waals surface area contributed by atoms with Gasteiger partial charge in [-0.15, -0.1) is 10.2 Å². The molecule has 0 unspecified atom stereocenters. The van der Waals surface area contributed by atoms with Crippen molar-refractivity contribution in [2.45, 2.75) is 31.6 Å². The Bertz CT molecular complexity index is 881. The van der Waals surface area contributed by atoms with E-state index in [0.717, 1.165) is 36.8 Å². The zero-order valence-electron chi connectivity index (χ0n) is 12.5. The van der Waals surface area contributed by atoms with Crippen molar-refractivity contribution in [3.05, 3.63) is 47.7 Å². The van der Waals surface area contributed by atoms with Crippen molar-refractivity contribution >= 4 is 11.6 Å². The molecule has 1 aliphatic rings. The number of aromatic nitrogens is 4. The lowest BCUT2D eigenvalue weighted by molar-refractivity contribution is 0.0695. The molecule has 0 atom stereocenters. The molecule has 0 aliphatic heterocycles. The average molecular weight is 308 g/mol. The van der Waals surface area contributed by atoms with Crippen molar-refractivity contribution in [2.75, 3.05) is 0 Å². The summed E-state index contributed by atoms with van der Waals surface area (Å²) in [5.41, 5.74) is 2.82. The maximum Gasteiger partial charge on any atom is 0.335 e. The van der Waals surface area contributed by atoms with E-state index < -0.39 is 5.97 Å². The highest BCUT2D eigenvalue weighted by Crippen LogP contribution is 2.37. The number of hydrogen-bond donors (Lipinski definition) is 1. The molecular weight excluding hydrogens is 292 g/mol. The van der Waals surface area contributed by atoms with Crippen LogP contribution in [0.1, 0.15) is 47.5 Å². The molecule has 116 valence electrons. The average Bonchev–Trinajstić information content (AvgIpc) is 3.24. The Kier molecular flexibility index (Phi) is 3.29. The Hall–Kier alpha value is -2.76. The van der Waals surface area contributed by atoms with Crippen LogP contribution in [0.25, 0.3) is 17.0 Å². The molecule has 1 saturated carbocycles. The molecule has 0 spiro atoms. The highest BCUT2D eigenvalue weighted by molar-refractivity contribution is 5.90. The van der Waals surface area contributed by atoms with E-state index in [-0.39, 0.29) is 0 Å². The lowest BCUT2D eigenvalue weighted by Crippen LogP contribution is -2.06. The van der Waals surface area contributed by atoms with Crippen LogP contribution < -0.4 is 0 Å². The van der Waals surface area contributed by atoms with Crippen LogP contribution in [0.4, 0.5) is 0 Å². The second-order valence-corrected chi connectivity index (χ2v) is 5.91. The third kappa shape index (κ3) is 2.36. The Morgan fingerprint density at radius 1 is 1.17 bits per heavy atom. The van der Waals surface area contributed by atoms with E-state index in [0.29, 0.717) is 23.0 Å². The van der Waals surface area contributed by atoms with E-state index in [1.165, 1.54) is 0 Å². The summed E-state index contributed by atoms with van der Waals surface area (Å²) in [6.07, 6.45) is 6.08. The molecule has 6 heteroatoms. The lowest BCUT2D eigenvalue weighted by Gasteiger charge is -2.14. The van der Waals surface area contributed by atoms with Gasteiger partial charge in [-0.05, 0) is 48.6 Å². The van der Waals surface area contributed by atoms with Gasteiger partial charge in [0.15, 0.2) is 11.5 Å². The maximum atomic E-state index is 11.5. The fraction of sp³-hybridized carbons (Fsp3) is 0.294. The van der Waals surface area contributed by atoms with Crippen molar-refractivity contribution in [1.82, 2.24) is 19.8 Å². The van der Waals surface area contributed by atoms with Gasteiger partial charge < -0.3 is 5.11 Å². The summed E-state index contributed by atoms with van der Waals surface area (Å²) < 4.78 is 1.67. The van der Waals surface area contributed by atoms with Gasteiger partial charge in [-0.2, -0.15) is 9.61 Å². The highest BCUT2D eigenvalue weighted by Gasteiger charge is 2.23. The van der Waals surface area contributed by atoms with E-state index in [4.69, 9.17) is 0 Å². The van der Waals surface area contributed by atoms with Crippen molar-refractivity contribution in [2.24, 2.45) is 0 Å². The van der Waals surface area contributed by atoms with E-state index in [1.807, 2.05) is 18.2 Å². The largest absolute Gasteiger partial charge is 0.478 e. The normalized spacial score (nSPS) is 15.3. The van der Waals surface area contributed by atoms with Gasteiger partial charge in [0.2, 0.25) is 0 Å². The van der Waals surface area contributed by atoms with Crippen LogP contribution in [0.2, 0.25) is 0 Å². The highest BCUT2D eigenvalue weighted by atomic mass is 16.4. The summed E-state index contributed by atoms with van der Waals surface area (Å²) in [5.74, 6) is 0.0765. The third-order valence-electron chi connectivity index (χ3n) is 4.51. The number of carbonyl (C=O) groups is 1. The van der Waals surface area contributed by atoms with Crippen LogP contribution in [0, 0.1) is 0 Å². The molecule has 6 nitrogen and oxygen atoms in total. The van der Waals surface area contributed by atoms with E-state index in [1.54, 1.807) is 22.8 Å². The first-order valence-electron chi connectivity index (χ1n) is 7.78. The molecule has 23 heavy (non-hydrogen) atoms. The lowest BCUT2D eigenvalue weighted by atomic mass is 9.91. The molecule has 0 amide bonds. The van der Waals surface area contributed by atoms with Crippen LogP contribution in [0.5, 0.6) is 0 Å². The first-order valence-corrected chi connectivity index (χ1v) is 7.78. The first kappa shape index (κ1) is 13.9. The summed E-state index contributed by atoms with van der Waals surface area (Å²) in [6.45, 7) is 0. The van der Waals surface area contributed by atoms with Crippen molar-refractivity contribution in [3.63, 3.8) is 0 Å². The van der Waals surface area contributed by atoms with Crippen LogP contribution in [-0.2, 0) is 0 Å². The Balaban J connectivity index is 1.86. The molecule has 1 aromatic carbocycles. The second-order valence-electron chi connectivity index (χ2n) is 5.91. The zero-order valence-corrected chi connectivity index (χ0v) is 12.5. The molecule has 2 aromatic heterocycles. The SMILES string of the molecule is O=C(O)c1ccc(-c2nnc3cccnn23)cc1C1CCCC1. The monoisotopic (exact) mass is 308 g/mol. The Morgan fingerprint density at radius 3 is 2.78 bits per heavy atom. The third-order valence-corrected chi connectivity index (χ3v) is 4.51. The minimum atomic E-state index is -0.873. The molecule has 0 bridgehead atoms. The molecule has 2 heterocycles. The number of aromatic carboxylic acids is 1. The predicted molar refractivity (Wildman–Crippen MR) is 84.4 cm³/mol. The smallest absolute Gasteiger partial charge is 0.335 e. The van der Waals surface area contributed by atoms with Crippen LogP contribution in [-0.4, -0.2) is 30.9 Å². The molecule has 4 rings (SSSR count). The first-order chi connectivity index (χ1) is 11.2. The summed E-state index contributed by atoms with van der Waals surface area (Å²) >= 11 is 0. The number of benzene rings is 1. The standard InChI is InChI=1S/C17H16N4O2/c22-17(23)13-8-7-12(10-14(13)11-4-1-2-5-11)16-20-19-15-6-3-9-18-21(15)16/h3,6-11H,1-2,4-5H2,(H,22,23). The van der Waals surface area contributed by atoms with Gasteiger partial charge in [-0.25, -0.2) is 4.79 Å². The number of carboxylic acid groups (broad SMARTS) is 1. The van der Waals surface area contributed by atoms with Crippen molar-refractivity contribution < 1.29 is 9.90 Å². The summed E-state index contributed by atoms with van der Waals surface area (Å²) in [4.78, 5) is 11.5. The Labute approximate surface area is 132 Å². The van der Waals surface area contributed by atoms with Gasteiger partial charge in [0.05, 0.1) is 5.56 Å². The quantitative estimate of drug-likeness (QED) is 0.804. The number of nitrogens with zero attached hydrogens (tertiary/aromatic N) is 4. The Morgan fingerprint density at radius 2 is 2.00 bits per heavy atom. The van der Waals surface area contributed by atoms with E-state index >= 15 is 0 Å². The minimum Gasteiger partial charge on any atom is -0.478 e. The van der Waals surface area contributed by atoms with Gasteiger partial charge in [0, 0.05) is 11.8 Å². The van der Waals surface area contributed by atoms with Crippen LogP contribution in [0.15, 0.2) is 36.5 Å². The maximum absolute atomic E-state index is 11.5. The van der Waals surface area contributed by atoms with E-state index in [2.05, 4.69) is 15.3 Å². The van der Waals surface area contributed by atoms with Gasteiger partial charge >= 0.3 is 5.97 Å². The number of carboxylic acids is 1. The molecule has 1 fully saturated rings. The van der Waals surface area contributed by atoms with Gasteiger partial charge in [-0.1, -0.05) is 18.9 Å². The molecule has 0 saturated heterocycles. The van der Waals surface area contributed by atoms with Gasteiger partial charge in [0.25, 0.3) is 0 Å². The second kappa shape index (κ2) is 5.46. The summed E-state index contributed by atoms with van der Waals surface area (Å²) in [6, 6.07) is 9.06.